The van der Waals surface area contributed by atoms with Gasteiger partial charge in [0.1, 0.15) is 6.10 Å². The molecule has 2 unspecified atom stereocenters. The Bertz CT molecular complexity index is 756. The molecule has 3 heteroatoms. The van der Waals surface area contributed by atoms with Crippen LogP contribution in [0.5, 0.6) is 0 Å². The Morgan fingerprint density at radius 3 is 2.52 bits per heavy atom. The molecule has 0 heterocycles. The van der Waals surface area contributed by atoms with Gasteiger partial charge in [-0.1, -0.05) is 66.0 Å². The average molecular weight is 459 g/mol. The van der Waals surface area contributed by atoms with E-state index in [0.29, 0.717) is 29.6 Å². The monoisotopic (exact) mass is 458 g/mol. The zero-order chi connectivity index (χ0) is 24.1. The van der Waals surface area contributed by atoms with Crippen LogP contribution in [0.1, 0.15) is 106 Å². The topological polar surface area (TPSA) is 46.5 Å². The molecule has 188 valence electrons. The van der Waals surface area contributed by atoms with Gasteiger partial charge in [-0.3, -0.25) is 4.79 Å². The quantitative estimate of drug-likeness (QED) is 0.339. The first-order chi connectivity index (χ1) is 15.5. The molecule has 3 fully saturated rings. The summed E-state index contributed by atoms with van der Waals surface area (Å²) in [5.74, 6) is 4.61. The number of carbonyl (C=O) groups is 1. The highest BCUT2D eigenvalue weighted by atomic mass is 16.5. The van der Waals surface area contributed by atoms with Gasteiger partial charge in [-0.25, -0.2) is 0 Å². The van der Waals surface area contributed by atoms with Gasteiger partial charge in [0, 0.05) is 12.3 Å². The van der Waals surface area contributed by atoms with Crippen LogP contribution in [0.15, 0.2) is 11.6 Å². The number of fused-ring (bicyclic) bond motifs is 5. The fourth-order valence-corrected chi connectivity index (χ4v) is 8.98. The van der Waals surface area contributed by atoms with Crippen molar-refractivity contribution in [2.45, 2.75) is 118 Å². The Morgan fingerprint density at radius 2 is 1.85 bits per heavy atom. The molecular weight excluding hydrogens is 408 g/mol. The van der Waals surface area contributed by atoms with E-state index in [-0.39, 0.29) is 29.0 Å². The number of esters is 1. The third-order valence-corrected chi connectivity index (χ3v) is 11.4. The molecule has 3 nitrogen and oxygen atoms in total. The molecule has 0 aliphatic heterocycles. The van der Waals surface area contributed by atoms with Gasteiger partial charge in [0.15, 0.2) is 0 Å². The average Bonchev–Trinajstić information content (AvgIpc) is 3.11. The first-order valence-electron chi connectivity index (χ1n) is 14.0. The SMILES string of the molecule is CC(=O)OC1C[C@H]2[C@@H](CC=C3CC(O)CC[C@@]32C)[C@@H]2CC[C@H]([C@H](C)CC[C@H](C)C(C)C)[C@@]12C. The Balaban J connectivity index is 1.62. The molecule has 0 aromatic carbocycles. The molecule has 0 spiro atoms. The Kier molecular flexibility index (Phi) is 7.14. The maximum atomic E-state index is 12.3. The number of aliphatic hydroxyl groups is 1. The van der Waals surface area contributed by atoms with Crippen LogP contribution in [0.3, 0.4) is 0 Å². The van der Waals surface area contributed by atoms with Gasteiger partial charge in [-0.15, -0.1) is 0 Å². The van der Waals surface area contributed by atoms with E-state index in [9.17, 15) is 9.90 Å². The van der Waals surface area contributed by atoms with E-state index in [4.69, 9.17) is 4.74 Å². The van der Waals surface area contributed by atoms with E-state index in [2.05, 4.69) is 47.6 Å². The smallest absolute Gasteiger partial charge is 0.302 e. The molecule has 0 saturated heterocycles. The number of ether oxygens (including phenoxy) is 1. The Labute approximate surface area is 203 Å². The van der Waals surface area contributed by atoms with Crippen molar-refractivity contribution < 1.29 is 14.6 Å². The predicted octanol–water partition coefficient (Wildman–Crippen LogP) is 7.18. The van der Waals surface area contributed by atoms with E-state index < -0.39 is 0 Å². The number of aliphatic hydroxyl groups excluding tert-OH is 1. The van der Waals surface area contributed by atoms with Gasteiger partial charge in [-0.2, -0.15) is 0 Å². The molecule has 0 amide bonds. The predicted molar refractivity (Wildman–Crippen MR) is 135 cm³/mol. The van der Waals surface area contributed by atoms with Gasteiger partial charge in [-0.05, 0) is 91.8 Å². The highest BCUT2D eigenvalue weighted by Crippen LogP contribution is 2.68. The van der Waals surface area contributed by atoms with Crippen molar-refractivity contribution in [3.8, 4) is 0 Å². The third kappa shape index (κ3) is 4.34. The van der Waals surface area contributed by atoms with E-state index in [1.54, 1.807) is 6.92 Å². The molecule has 4 aliphatic carbocycles. The van der Waals surface area contributed by atoms with Crippen molar-refractivity contribution in [3.63, 3.8) is 0 Å². The fourth-order valence-electron chi connectivity index (χ4n) is 8.98. The molecule has 3 saturated carbocycles. The summed E-state index contributed by atoms with van der Waals surface area (Å²) in [7, 11) is 0. The summed E-state index contributed by atoms with van der Waals surface area (Å²) in [6, 6.07) is 0. The standard InChI is InChI=1S/C30H50O3/c1-18(2)19(3)8-9-20(4)25-12-13-26-24-11-10-22-16-23(32)14-15-29(22,6)27(24)17-28(30(25,26)7)33-21(5)31/h10,18-20,23-28,32H,8-9,11-17H2,1-7H3/t19-,20+,23?,24-,25+,26-,27-,28?,29-,30+/m0/s1. The van der Waals surface area contributed by atoms with Crippen molar-refractivity contribution in [3.05, 3.63) is 11.6 Å². The normalized spacial score (nSPS) is 44.3. The lowest BCUT2D eigenvalue weighted by atomic mass is 9.46. The molecule has 0 bridgehead atoms. The van der Waals surface area contributed by atoms with Gasteiger partial charge >= 0.3 is 5.97 Å². The number of hydrogen-bond acceptors (Lipinski definition) is 3. The highest BCUT2D eigenvalue weighted by Gasteiger charge is 2.63. The van der Waals surface area contributed by atoms with E-state index in [1.165, 1.54) is 31.3 Å². The van der Waals surface area contributed by atoms with Crippen LogP contribution >= 0.6 is 0 Å². The lowest BCUT2D eigenvalue weighted by Gasteiger charge is -2.60. The molecule has 0 radical (unpaired) electrons. The van der Waals surface area contributed by atoms with Crippen LogP contribution in [-0.2, 0) is 9.53 Å². The summed E-state index contributed by atoms with van der Waals surface area (Å²) in [6.07, 6.45) is 12.5. The number of carbonyl (C=O) groups excluding carboxylic acids is 1. The van der Waals surface area contributed by atoms with Crippen LogP contribution < -0.4 is 0 Å². The zero-order valence-electron chi connectivity index (χ0n) is 22.4. The van der Waals surface area contributed by atoms with Crippen LogP contribution in [0, 0.1) is 52.3 Å². The van der Waals surface area contributed by atoms with Crippen LogP contribution in [0.4, 0.5) is 0 Å². The first-order valence-corrected chi connectivity index (χ1v) is 14.0. The van der Waals surface area contributed by atoms with Crippen molar-refractivity contribution in [1.82, 2.24) is 0 Å². The Hall–Kier alpha value is -0.830. The molecule has 4 rings (SSSR count). The molecule has 1 N–H and O–H groups in total. The second-order valence-corrected chi connectivity index (χ2v) is 13.3. The number of allylic oxidation sites excluding steroid dienone is 1. The molecular formula is C30H50O3. The maximum Gasteiger partial charge on any atom is 0.302 e. The summed E-state index contributed by atoms with van der Waals surface area (Å²) in [5, 5.41) is 10.3. The van der Waals surface area contributed by atoms with Gasteiger partial charge in [0.05, 0.1) is 6.10 Å². The molecule has 10 atom stereocenters. The second-order valence-electron chi connectivity index (χ2n) is 13.3. The van der Waals surface area contributed by atoms with E-state index >= 15 is 0 Å². The molecule has 0 aromatic rings. The maximum absolute atomic E-state index is 12.3. The molecule has 0 aromatic heterocycles. The zero-order valence-corrected chi connectivity index (χ0v) is 22.4. The fraction of sp³-hybridized carbons (Fsp3) is 0.900. The number of rotatable bonds is 6. The lowest BCUT2D eigenvalue weighted by molar-refractivity contribution is -0.180. The largest absolute Gasteiger partial charge is 0.462 e. The minimum absolute atomic E-state index is 0.0294. The minimum Gasteiger partial charge on any atom is -0.462 e. The van der Waals surface area contributed by atoms with Crippen molar-refractivity contribution >= 4 is 5.97 Å². The van der Waals surface area contributed by atoms with Crippen molar-refractivity contribution in [2.75, 3.05) is 0 Å². The third-order valence-electron chi connectivity index (χ3n) is 11.4. The molecule has 33 heavy (non-hydrogen) atoms. The summed E-state index contributed by atoms with van der Waals surface area (Å²) in [5.41, 5.74) is 1.74. The van der Waals surface area contributed by atoms with Crippen LogP contribution in [0.25, 0.3) is 0 Å². The summed E-state index contributed by atoms with van der Waals surface area (Å²) < 4.78 is 6.24. The minimum atomic E-state index is -0.177. The first kappa shape index (κ1) is 25.3. The van der Waals surface area contributed by atoms with Gasteiger partial charge in [0.2, 0.25) is 0 Å². The van der Waals surface area contributed by atoms with Crippen LogP contribution in [-0.4, -0.2) is 23.3 Å². The van der Waals surface area contributed by atoms with Gasteiger partial charge in [0.25, 0.3) is 0 Å². The lowest BCUT2D eigenvalue weighted by Crippen LogP contribution is -2.57. The Morgan fingerprint density at radius 1 is 1.12 bits per heavy atom. The second kappa shape index (κ2) is 9.32. The molecule has 4 aliphatic rings. The summed E-state index contributed by atoms with van der Waals surface area (Å²) in [4.78, 5) is 12.3. The van der Waals surface area contributed by atoms with Crippen molar-refractivity contribution in [1.29, 1.82) is 0 Å². The van der Waals surface area contributed by atoms with Crippen molar-refractivity contribution in [2.24, 2.45) is 52.3 Å². The summed E-state index contributed by atoms with van der Waals surface area (Å²) in [6.45, 7) is 16.1. The highest BCUT2D eigenvalue weighted by molar-refractivity contribution is 5.66. The van der Waals surface area contributed by atoms with Gasteiger partial charge < -0.3 is 9.84 Å². The van der Waals surface area contributed by atoms with E-state index in [1.807, 2.05) is 0 Å². The van der Waals surface area contributed by atoms with E-state index in [0.717, 1.165) is 43.9 Å². The number of hydrogen-bond donors (Lipinski definition) is 1. The summed E-state index contributed by atoms with van der Waals surface area (Å²) >= 11 is 0. The van der Waals surface area contributed by atoms with Crippen LogP contribution in [0.2, 0.25) is 0 Å².